The fourth-order valence-electron chi connectivity index (χ4n) is 3.54. The van der Waals surface area contributed by atoms with E-state index in [1.165, 1.54) is 11.8 Å². The number of rotatable bonds is 14. The predicted molar refractivity (Wildman–Crippen MR) is 123 cm³/mol. The van der Waals surface area contributed by atoms with Crippen molar-refractivity contribution >= 4 is 35.6 Å². The van der Waals surface area contributed by atoms with Crippen molar-refractivity contribution in [1.29, 1.82) is 0 Å². The fourth-order valence-corrected chi connectivity index (χ4v) is 3.54. The molecule has 1 fully saturated rings. The number of aliphatic carboxylic acids is 2. The Morgan fingerprint density at radius 2 is 1.74 bits per heavy atom. The van der Waals surface area contributed by atoms with Gasteiger partial charge in [-0.05, 0) is 39.0 Å². The summed E-state index contributed by atoms with van der Waals surface area (Å²) in [6, 6.07) is -4.82. The third kappa shape index (κ3) is 9.74. The highest BCUT2D eigenvalue weighted by Crippen LogP contribution is 2.20. The van der Waals surface area contributed by atoms with Crippen LogP contribution in [0.15, 0.2) is 4.99 Å². The van der Waals surface area contributed by atoms with Gasteiger partial charge in [0.05, 0.1) is 6.10 Å². The van der Waals surface area contributed by atoms with E-state index in [0.29, 0.717) is 12.8 Å². The van der Waals surface area contributed by atoms with Gasteiger partial charge in [0.15, 0.2) is 5.96 Å². The van der Waals surface area contributed by atoms with Crippen molar-refractivity contribution in [3.05, 3.63) is 0 Å². The van der Waals surface area contributed by atoms with Gasteiger partial charge in [-0.2, -0.15) is 0 Å². The van der Waals surface area contributed by atoms with Crippen molar-refractivity contribution < 1.29 is 39.3 Å². The lowest BCUT2D eigenvalue weighted by Crippen LogP contribution is -2.57. The van der Waals surface area contributed by atoms with E-state index in [1.54, 1.807) is 0 Å². The molecule has 35 heavy (non-hydrogen) atoms. The van der Waals surface area contributed by atoms with Crippen molar-refractivity contribution in [3.63, 3.8) is 0 Å². The van der Waals surface area contributed by atoms with Gasteiger partial charge in [-0.1, -0.05) is 0 Å². The van der Waals surface area contributed by atoms with E-state index in [2.05, 4.69) is 15.6 Å². The molecule has 0 bridgehead atoms. The van der Waals surface area contributed by atoms with Crippen LogP contribution < -0.4 is 27.8 Å². The summed E-state index contributed by atoms with van der Waals surface area (Å²) in [7, 11) is 0. The van der Waals surface area contributed by atoms with Gasteiger partial charge in [-0.3, -0.25) is 24.2 Å². The van der Waals surface area contributed by atoms with Crippen molar-refractivity contribution in [1.82, 2.24) is 15.5 Å². The summed E-state index contributed by atoms with van der Waals surface area (Å²) in [4.78, 5) is 65.7. The molecule has 5 unspecified atom stereocenters. The Bertz CT molecular complexity index is 815. The Labute approximate surface area is 202 Å². The largest absolute Gasteiger partial charge is 0.481 e. The highest BCUT2D eigenvalue weighted by atomic mass is 16.4. The van der Waals surface area contributed by atoms with Crippen LogP contribution in [0.1, 0.15) is 45.4 Å². The topological polar surface area (TPSA) is 264 Å². The number of aliphatic hydroxyl groups excluding tert-OH is 1. The molecule has 0 radical (unpaired) electrons. The number of nitrogens with zero attached hydrogens (tertiary/aromatic N) is 2. The third-order valence-electron chi connectivity index (χ3n) is 5.48. The summed E-state index contributed by atoms with van der Waals surface area (Å²) in [5.41, 5.74) is 16.2. The van der Waals surface area contributed by atoms with Gasteiger partial charge in [0, 0.05) is 19.5 Å². The first-order chi connectivity index (χ1) is 16.3. The maximum atomic E-state index is 13.3. The first-order valence-corrected chi connectivity index (χ1v) is 11.2. The molecule has 0 saturated carbocycles. The molecule has 11 N–H and O–H groups in total. The molecule has 5 atom stereocenters. The van der Waals surface area contributed by atoms with Crippen LogP contribution in [0, 0.1) is 0 Å². The number of aliphatic hydroxyl groups is 1. The van der Waals surface area contributed by atoms with Crippen LogP contribution in [0.25, 0.3) is 0 Å². The number of carboxylic acids is 2. The average Bonchev–Trinajstić information content (AvgIpc) is 3.26. The third-order valence-corrected chi connectivity index (χ3v) is 5.48. The van der Waals surface area contributed by atoms with Gasteiger partial charge in [-0.15, -0.1) is 0 Å². The van der Waals surface area contributed by atoms with Crippen LogP contribution in [-0.4, -0.2) is 99.2 Å². The van der Waals surface area contributed by atoms with E-state index < -0.39 is 66.4 Å². The van der Waals surface area contributed by atoms with E-state index in [-0.39, 0.29) is 38.3 Å². The average molecular weight is 502 g/mol. The van der Waals surface area contributed by atoms with Crippen LogP contribution >= 0.6 is 0 Å². The first kappa shape index (κ1) is 29.6. The Hall–Kier alpha value is -3.46. The second-order valence-corrected chi connectivity index (χ2v) is 8.30. The van der Waals surface area contributed by atoms with Gasteiger partial charge in [0.1, 0.15) is 24.2 Å². The smallest absolute Gasteiger partial charge is 0.326 e. The molecule has 1 saturated heterocycles. The number of likely N-dealkylation sites (tertiary alicyclic amines) is 1. The summed E-state index contributed by atoms with van der Waals surface area (Å²) in [6.07, 6.45) is -0.829. The quantitative estimate of drug-likeness (QED) is 0.0662. The van der Waals surface area contributed by atoms with E-state index in [0.717, 1.165) is 0 Å². The van der Waals surface area contributed by atoms with Gasteiger partial charge in [0.2, 0.25) is 17.7 Å². The second-order valence-electron chi connectivity index (χ2n) is 8.30. The Morgan fingerprint density at radius 1 is 1.09 bits per heavy atom. The summed E-state index contributed by atoms with van der Waals surface area (Å²) in [6.45, 7) is 1.69. The minimum absolute atomic E-state index is 0.106. The second kappa shape index (κ2) is 14.1. The number of carbonyl (C=O) groups is 5. The Kier molecular flexibility index (Phi) is 11.9. The lowest BCUT2D eigenvalue weighted by atomic mass is 10.1. The molecule has 0 aromatic carbocycles. The number of nitrogens with one attached hydrogen (secondary N) is 2. The Morgan fingerprint density at radius 3 is 2.29 bits per heavy atom. The molecule has 0 spiro atoms. The highest BCUT2D eigenvalue weighted by molar-refractivity contribution is 5.94. The first-order valence-electron chi connectivity index (χ1n) is 11.2. The fraction of sp³-hybridized carbons (Fsp3) is 0.700. The van der Waals surface area contributed by atoms with E-state index >= 15 is 0 Å². The van der Waals surface area contributed by atoms with Crippen LogP contribution in [0.5, 0.6) is 0 Å². The lowest BCUT2D eigenvalue weighted by molar-refractivity contribution is -0.145. The molecule has 0 aromatic heterocycles. The van der Waals surface area contributed by atoms with Gasteiger partial charge < -0.3 is 48.1 Å². The minimum Gasteiger partial charge on any atom is -0.481 e. The number of hydrogen-bond acceptors (Lipinski definition) is 8. The predicted octanol–water partition coefficient (Wildman–Crippen LogP) is -3.34. The SMILES string of the molecule is CC(O)C(N)C(=O)NC(CCCN=C(N)N)C(=O)N1CCCC1C(=O)NC(CCC(=O)O)C(=O)O. The number of amides is 3. The number of guanidine groups is 1. The zero-order valence-electron chi connectivity index (χ0n) is 19.6. The lowest BCUT2D eigenvalue weighted by Gasteiger charge is -2.30. The van der Waals surface area contributed by atoms with Crippen LogP contribution in [0.4, 0.5) is 0 Å². The van der Waals surface area contributed by atoms with Crippen LogP contribution in [-0.2, 0) is 24.0 Å². The van der Waals surface area contributed by atoms with Crippen molar-refractivity contribution in [2.24, 2.45) is 22.2 Å². The molecule has 15 heteroatoms. The normalized spacial score (nSPS) is 18.6. The number of nitrogens with two attached hydrogens (primary N) is 3. The van der Waals surface area contributed by atoms with Gasteiger partial charge in [0.25, 0.3) is 0 Å². The molecule has 1 rings (SSSR count). The summed E-state index contributed by atoms with van der Waals surface area (Å²) in [5, 5.41) is 32.5. The standard InChI is InChI=1S/C20H35N7O8/c1-10(28)15(21)17(32)25-11(4-2-8-24-20(22)23)18(33)27-9-3-5-13(27)16(31)26-12(19(34)35)6-7-14(29)30/h10-13,15,28H,2-9,21H2,1H3,(H,25,32)(H,26,31)(H,29,30)(H,34,35)(H4,22,23,24). The molecule has 1 heterocycles. The highest BCUT2D eigenvalue weighted by Gasteiger charge is 2.39. The molecule has 0 aliphatic carbocycles. The van der Waals surface area contributed by atoms with Gasteiger partial charge >= 0.3 is 11.9 Å². The zero-order valence-corrected chi connectivity index (χ0v) is 19.6. The van der Waals surface area contributed by atoms with Gasteiger partial charge in [-0.25, -0.2) is 4.79 Å². The molecule has 1 aliphatic rings. The summed E-state index contributed by atoms with van der Waals surface area (Å²) in [5.74, 6) is -4.83. The summed E-state index contributed by atoms with van der Waals surface area (Å²) >= 11 is 0. The molecule has 1 aliphatic heterocycles. The minimum atomic E-state index is -1.43. The van der Waals surface area contributed by atoms with E-state index in [4.69, 9.17) is 22.3 Å². The number of hydrogen-bond donors (Lipinski definition) is 8. The molecule has 15 nitrogen and oxygen atoms in total. The Balaban J connectivity index is 2.98. The van der Waals surface area contributed by atoms with E-state index in [9.17, 15) is 34.2 Å². The maximum Gasteiger partial charge on any atom is 0.326 e. The molecule has 198 valence electrons. The number of aliphatic imine (C=N–C) groups is 1. The number of carbonyl (C=O) groups excluding carboxylic acids is 3. The molecular formula is C20H35N7O8. The monoisotopic (exact) mass is 501 g/mol. The molecular weight excluding hydrogens is 466 g/mol. The van der Waals surface area contributed by atoms with Crippen molar-refractivity contribution in [2.45, 2.75) is 75.7 Å². The maximum absolute atomic E-state index is 13.3. The van der Waals surface area contributed by atoms with Crippen molar-refractivity contribution in [2.75, 3.05) is 13.1 Å². The zero-order chi connectivity index (χ0) is 26.7. The molecule has 3 amide bonds. The van der Waals surface area contributed by atoms with Crippen LogP contribution in [0.3, 0.4) is 0 Å². The van der Waals surface area contributed by atoms with Crippen molar-refractivity contribution in [3.8, 4) is 0 Å². The van der Waals surface area contributed by atoms with E-state index in [1.807, 2.05) is 0 Å². The summed E-state index contributed by atoms with van der Waals surface area (Å²) < 4.78 is 0. The number of carboxylic acid groups (broad SMARTS) is 2. The molecule has 0 aromatic rings. The van der Waals surface area contributed by atoms with Crippen LogP contribution in [0.2, 0.25) is 0 Å².